The summed E-state index contributed by atoms with van der Waals surface area (Å²) in [5, 5.41) is 0.602. The maximum atomic E-state index is 12.8. The van der Waals surface area contributed by atoms with Crippen LogP contribution in [0, 0.1) is 6.92 Å². The van der Waals surface area contributed by atoms with Crippen LogP contribution in [-0.2, 0) is 0 Å². The second kappa shape index (κ2) is 6.64. The molecule has 21 heavy (non-hydrogen) atoms. The van der Waals surface area contributed by atoms with E-state index < -0.39 is 0 Å². The minimum atomic E-state index is -0.0533. The van der Waals surface area contributed by atoms with Crippen molar-refractivity contribution in [3.63, 3.8) is 0 Å². The predicted octanol–water partition coefficient (Wildman–Crippen LogP) is 4.29. The lowest BCUT2D eigenvalue weighted by Gasteiger charge is -2.23. The molecule has 0 aliphatic rings. The van der Waals surface area contributed by atoms with E-state index in [1.54, 1.807) is 23.1 Å². The molecular weight excluding hydrogens is 284 g/mol. The first-order chi connectivity index (χ1) is 10.0. The van der Waals surface area contributed by atoms with Gasteiger partial charge in [-0.1, -0.05) is 30.7 Å². The third-order valence-electron chi connectivity index (χ3n) is 3.37. The number of nitrogen functional groups attached to an aromatic ring is 1. The molecule has 0 bridgehead atoms. The van der Waals surface area contributed by atoms with Gasteiger partial charge in [-0.05, 0) is 49.2 Å². The number of benzene rings is 2. The van der Waals surface area contributed by atoms with Gasteiger partial charge >= 0.3 is 0 Å². The maximum absolute atomic E-state index is 12.8. The number of carbonyl (C=O) groups is 1. The van der Waals surface area contributed by atoms with Gasteiger partial charge in [-0.2, -0.15) is 0 Å². The van der Waals surface area contributed by atoms with Crippen LogP contribution in [0.1, 0.15) is 29.3 Å². The molecule has 0 spiro atoms. The quantitative estimate of drug-likeness (QED) is 0.857. The molecule has 0 saturated carbocycles. The van der Waals surface area contributed by atoms with E-state index in [1.165, 1.54) is 0 Å². The zero-order valence-electron chi connectivity index (χ0n) is 12.3. The maximum Gasteiger partial charge on any atom is 0.258 e. The Morgan fingerprint density at radius 3 is 2.62 bits per heavy atom. The van der Waals surface area contributed by atoms with Gasteiger partial charge in [0.2, 0.25) is 0 Å². The normalized spacial score (nSPS) is 10.4. The summed E-state index contributed by atoms with van der Waals surface area (Å²) >= 11 is 6.12. The number of carbonyl (C=O) groups excluding carboxylic acids is 1. The number of nitrogens with zero attached hydrogens (tertiary/aromatic N) is 1. The summed E-state index contributed by atoms with van der Waals surface area (Å²) in [7, 11) is 0. The van der Waals surface area contributed by atoms with Crippen molar-refractivity contribution in [1.29, 1.82) is 0 Å². The highest BCUT2D eigenvalue weighted by Gasteiger charge is 2.19. The number of rotatable bonds is 4. The van der Waals surface area contributed by atoms with Gasteiger partial charge in [0.05, 0.1) is 0 Å². The average molecular weight is 303 g/mol. The molecule has 0 saturated heterocycles. The van der Waals surface area contributed by atoms with Gasteiger partial charge in [0.1, 0.15) is 0 Å². The molecule has 2 N–H and O–H groups in total. The van der Waals surface area contributed by atoms with Crippen molar-refractivity contribution in [2.75, 3.05) is 17.2 Å². The molecule has 110 valence electrons. The summed E-state index contributed by atoms with van der Waals surface area (Å²) in [4.78, 5) is 14.6. The van der Waals surface area contributed by atoms with Gasteiger partial charge in [0.25, 0.3) is 5.91 Å². The minimum absolute atomic E-state index is 0.0533. The third kappa shape index (κ3) is 3.37. The minimum Gasteiger partial charge on any atom is -0.399 e. The molecule has 2 aromatic carbocycles. The predicted molar refractivity (Wildman–Crippen MR) is 89.0 cm³/mol. The zero-order valence-corrected chi connectivity index (χ0v) is 13.0. The highest BCUT2D eigenvalue weighted by Crippen LogP contribution is 2.24. The van der Waals surface area contributed by atoms with Crippen LogP contribution in [0.2, 0.25) is 5.02 Å². The van der Waals surface area contributed by atoms with E-state index >= 15 is 0 Å². The topological polar surface area (TPSA) is 46.3 Å². The highest BCUT2D eigenvalue weighted by molar-refractivity contribution is 6.32. The molecule has 1 amide bonds. The molecule has 3 nitrogen and oxygen atoms in total. The Morgan fingerprint density at radius 1 is 1.24 bits per heavy atom. The molecule has 0 unspecified atom stereocenters. The number of nitrogens with two attached hydrogens (primary N) is 1. The van der Waals surface area contributed by atoms with Crippen LogP contribution >= 0.6 is 11.6 Å². The number of hydrogen-bond acceptors (Lipinski definition) is 2. The molecule has 2 rings (SSSR count). The fourth-order valence-corrected chi connectivity index (χ4v) is 2.42. The summed E-state index contributed by atoms with van der Waals surface area (Å²) < 4.78 is 0. The number of halogens is 1. The van der Waals surface area contributed by atoms with Crippen molar-refractivity contribution in [3.05, 3.63) is 58.6 Å². The van der Waals surface area contributed by atoms with Gasteiger partial charge in [0.15, 0.2) is 0 Å². The second-order valence-corrected chi connectivity index (χ2v) is 5.37. The lowest BCUT2D eigenvalue weighted by molar-refractivity contribution is 0.0986. The fourth-order valence-electron chi connectivity index (χ4n) is 2.25. The number of hydrogen-bond donors (Lipinski definition) is 1. The Hall–Kier alpha value is -2.00. The van der Waals surface area contributed by atoms with Gasteiger partial charge in [-0.15, -0.1) is 0 Å². The first-order valence-electron chi connectivity index (χ1n) is 6.97. The Balaban J connectivity index is 2.42. The van der Waals surface area contributed by atoms with Gasteiger partial charge in [-0.25, -0.2) is 0 Å². The fraction of sp³-hybridized carbons (Fsp3) is 0.235. The number of amides is 1. The molecule has 4 heteroatoms. The monoisotopic (exact) mass is 302 g/mol. The Labute approximate surface area is 130 Å². The molecule has 0 heterocycles. The molecule has 0 fully saturated rings. The van der Waals surface area contributed by atoms with E-state index in [0.29, 0.717) is 22.8 Å². The molecule has 0 aliphatic carbocycles. The van der Waals surface area contributed by atoms with Crippen molar-refractivity contribution >= 4 is 28.9 Å². The Kier molecular flexibility index (Phi) is 4.86. The van der Waals surface area contributed by atoms with Crippen LogP contribution in [0.25, 0.3) is 0 Å². The van der Waals surface area contributed by atoms with Crippen LogP contribution in [0.4, 0.5) is 11.4 Å². The van der Waals surface area contributed by atoms with Crippen molar-refractivity contribution < 1.29 is 4.79 Å². The molecular formula is C17H19ClN2O. The van der Waals surface area contributed by atoms with E-state index in [0.717, 1.165) is 17.7 Å². The van der Waals surface area contributed by atoms with Gasteiger partial charge in [0, 0.05) is 28.5 Å². The highest BCUT2D eigenvalue weighted by atomic mass is 35.5. The van der Waals surface area contributed by atoms with E-state index in [1.807, 2.05) is 38.1 Å². The van der Waals surface area contributed by atoms with Gasteiger partial charge < -0.3 is 10.6 Å². The van der Waals surface area contributed by atoms with Crippen molar-refractivity contribution in [3.8, 4) is 0 Å². The standard InChI is InChI=1S/C17H19ClN2O/c1-3-10-20(14-7-4-6-13(19)11-14)17(21)15-8-5-9-16(18)12(15)2/h4-9,11H,3,10,19H2,1-2H3. The van der Waals surface area contributed by atoms with Crippen molar-refractivity contribution in [2.24, 2.45) is 0 Å². The summed E-state index contributed by atoms with van der Waals surface area (Å²) in [6, 6.07) is 12.8. The average Bonchev–Trinajstić information content (AvgIpc) is 2.47. The molecule has 0 atom stereocenters. The van der Waals surface area contributed by atoms with Crippen LogP contribution in [0.15, 0.2) is 42.5 Å². The van der Waals surface area contributed by atoms with Crippen LogP contribution in [0.5, 0.6) is 0 Å². The first-order valence-corrected chi connectivity index (χ1v) is 7.35. The van der Waals surface area contributed by atoms with Crippen molar-refractivity contribution in [1.82, 2.24) is 0 Å². The van der Waals surface area contributed by atoms with Crippen LogP contribution in [-0.4, -0.2) is 12.5 Å². The second-order valence-electron chi connectivity index (χ2n) is 4.96. The van der Waals surface area contributed by atoms with E-state index in [9.17, 15) is 4.79 Å². The molecule has 2 aromatic rings. The van der Waals surface area contributed by atoms with Crippen molar-refractivity contribution in [2.45, 2.75) is 20.3 Å². The zero-order chi connectivity index (χ0) is 15.4. The van der Waals surface area contributed by atoms with Crippen LogP contribution < -0.4 is 10.6 Å². The SMILES string of the molecule is CCCN(C(=O)c1cccc(Cl)c1C)c1cccc(N)c1. The third-order valence-corrected chi connectivity index (χ3v) is 3.78. The summed E-state index contributed by atoms with van der Waals surface area (Å²) in [5.74, 6) is -0.0533. The smallest absolute Gasteiger partial charge is 0.258 e. The Bertz CT molecular complexity index is 655. The largest absolute Gasteiger partial charge is 0.399 e. The summed E-state index contributed by atoms with van der Waals surface area (Å²) in [5.41, 5.74) is 8.70. The van der Waals surface area contributed by atoms with E-state index in [-0.39, 0.29) is 5.91 Å². The van der Waals surface area contributed by atoms with E-state index in [4.69, 9.17) is 17.3 Å². The molecule has 0 aliphatic heterocycles. The number of anilines is 2. The first kappa shape index (κ1) is 15.4. The van der Waals surface area contributed by atoms with Crippen LogP contribution in [0.3, 0.4) is 0 Å². The molecule has 0 aromatic heterocycles. The lowest BCUT2D eigenvalue weighted by atomic mass is 10.1. The molecule has 0 radical (unpaired) electrons. The summed E-state index contributed by atoms with van der Waals surface area (Å²) in [6.07, 6.45) is 0.861. The lowest BCUT2D eigenvalue weighted by Crippen LogP contribution is -2.32. The van der Waals surface area contributed by atoms with Gasteiger partial charge in [-0.3, -0.25) is 4.79 Å². The summed E-state index contributed by atoms with van der Waals surface area (Å²) in [6.45, 7) is 4.53. The van der Waals surface area contributed by atoms with E-state index in [2.05, 4.69) is 0 Å². The Morgan fingerprint density at radius 2 is 1.95 bits per heavy atom.